The maximum Gasteiger partial charge on any atom is 0.252 e. The maximum absolute atomic E-state index is 12.1. The fourth-order valence-corrected chi connectivity index (χ4v) is 2.23. The average molecular weight is 250 g/mol. The Bertz CT molecular complexity index is 492. The summed E-state index contributed by atoms with van der Waals surface area (Å²) in [6.45, 7) is 5.56. The minimum Gasteiger partial charge on any atom is -0.358 e. The van der Waals surface area contributed by atoms with Crippen molar-refractivity contribution >= 4 is 17.6 Å². The van der Waals surface area contributed by atoms with Crippen LogP contribution in [-0.2, 0) is 16.6 Å². The van der Waals surface area contributed by atoms with Crippen LogP contribution in [0.5, 0.6) is 0 Å². The number of anilines is 1. The monoisotopic (exact) mass is 250 g/mol. The van der Waals surface area contributed by atoms with Gasteiger partial charge in [-0.05, 0) is 20.8 Å². The van der Waals surface area contributed by atoms with Crippen LogP contribution >= 0.6 is 0 Å². The van der Waals surface area contributed by atoms with E-state index in [9.17, 15) is 9.59 Å². The van der Waals surface area contributed by atoms with Gasteiger partial charge in [0.05, 0.1) is 12.1 Å². The summed E-state index contributed by atoms with van der Waals surface area (Å²) in [4.78, 5) is 25.2. The molecule has 0 aromatic carbocycles. The molecule has 1 fully saturated rings. The molecule has 1 N–H and O–H groups in total. The number of amides is 2. The summed E-state index contributed by atoms with van der Waals surface area (Å²) in [7, 11) is 1.80. The lowest BCUT2D eigenvalue weighted by Crippen LogP contribution is -2.39. The molecular formula is C12H18N4O2. The lowest BCUT2D eigenvalue weighted by Gasteiger charge is -2.19. The Labute approximate surface area is 106 Å². The third-order valence-electron chi connectivity index (χ3n) is 3.02. The first kappa shape index (κ1) is 12.6. The second-order valence-corrected chi connectivity index (χ2v) is 4.89. The molecule has 6 heteroatoms. The molecular weight excluding hydrogens is 232 g/mol. The standard InChI is InChI=1S/C12H18N4O2/c1-7(2)16-11(17)6-9(12(16)18)13-10-5-8(3)14-15(10)4/h5,7,9,13H,6H2,1-4H3. The fraction of sp³-hybridized carbons (Fsp3) is 0.583. The molecule has 1 aliphatic heterocycles. The van der Waals surface area contributed by atoms with E-state index in [0.717, 1.165) is 11.5 Å². The van der Waals surface area contributed by atoms with Gasteiger partial charge < -0.3 is 5.32 Å². The number of carbonyl (C=O) groups is 2. The number of nitrogens with zero attached hydrogens (tertiary/aromatic N) is 3. The van der Waals surface area contributed by atoms with Crippen LogP contribution < -0.4 is 5.32 Å². The molecule has 1 saturated heterocycles. The average Bonchev–Trinajstić information content (AvgIpc) is 2.69. The van der Waals surface area contributed by atoms with Gasteiger partial charge in [-0.25, -0.2) is 0 Å². The van der Waals surface area contributed by atoms with Crippen LogP contribution in [0.1, 0.15) is 26.0 Å². The predicted octanol–water partition coefficient (Wildman–Crippen LogP) is 0.676. The molecule has 18 heavy (non-hydrogen) atoms. The highest BCUT2D eigenvalue weighted by atomic mass is 16.2. The summed E-state index contributed by atoms with van der Waals surface area (Å²) in [6, 6.07) is 1.29. The van der Waals surface area contributed by atoms with Gasteiger partial charge in [0, 0.05) is 19.2 Å². The molecule has 2 heterocycles. The van der Waals surface area contributed by atoms with Gasteiger partial charge in [-0.1, -0.05) is 0 Å². The molecule has 1 aromatic rings. The third-order valence-corrected chi connectivity index (χ3v) is 3.02. The normalized spacial score (nSPS) is 20.1. The first-order valence-corrected chi connectivity index (χ1v) is 6.03. The summed E-state index contributed by atoms with van der Waals surface area (Å²) in [6.07, 6.45) is 0.210. The summed E-state index contributed by atoms with van der Waals surface area (Å²) in [5, 5.41) is 7.28. The highest BCUT2D eigenvalue weighted by Crippen LogP contribution is 2.20. The van der Waals surface area contributed by atoms with E-state index < -0.39 is 6.04 Å². The van der Waals surface area contributed by atoms with E-state index in [2.05, 4.69) is 10.4 Å². The molecule has 2 amide bonds. The van der Waals surface area contributed by atoms with Crippen molar-refractivity contribution in [2.45, 2.75) is 39.3 Å². The Hall–Kier alpha value is -1.85. The minimum absolute atomic E-state index is 0.0925. The first-order valence-electron chi connectivity index (χ1n) is 6.03. The van der Waals surface area contributed by atoms with E-state index in [1.54, 1.807) is 11.7 Å². The van der Waals surface area contributed by atoms with Crippen molar-refractivity contribution in [3.63, 3.8) is 0 Å². The number of likely N-dealkylation sites (tertiary alicyclic amines) is 1. The Morgan fingerprint density at radius 1 is 1.44 bits per heavy atom. The first-order chi connectivity index (χ1) is 8.40. The number of hydrogen-bond donors (Lipinski definition) is 1. The second-order valence-electron chi connectivity index (χ2n) is 4.89. The van der Waals surface area contributed by atoms with Gasteiger partial charge in [0.1, 0.15) is 11.9 Å². The lowest BCUT2D eigenvalue weighted by atomic mass is 10.2. The molecule has 0 aliphatic carbocycles. The van der Waals surface area contributed by atoms with Crippen molar-refractivity contribution in [1.82, 2.24) is 14.7 Å². The van der Waals surface area contributed by atoms with Crippen molar-refractivity contribution in [2.24, 2.45) is 7.05 Å². The molecule has 1 unspecified atom stereocenters. The van der Waals surface area contributed by atoms with Crippen molar-refractivity contribution < 1.29 is 9.59 Å². The number of aromatic nitrogens is 2. The van der Waals surface area contributed by atoms with E-state index >= 15 is 0 Å². The van der Waals surface area contributed by atoms with Crippen molar-refractivity contribution in [1.29, 1.82) is 0 Å². The molecule has 0 radical (unpaired) electrons. The SMILES string of the molecule is Cc1cc(NC2CC(=O)N(C(C)C)C2=O)n(C)n1. The zero-order valence-corrected chi connectivity index (χ0v) is 11.1. The summed E-state index contributed by atoms with van der Waals surface area (Å²) < 4.78 is 1.67. The maximum atomic E-state index is 12.1. The quantitative estimate of drug-likeness (QED) is 0.801. The molecule has 0 bridgehead atoms. The molecule has 0 spiro atoms. The van der Waals surface area contributed by atoms with Gasteiger partial charge in [0.2, 0.25) is 5.91 Å². The highest BCUT2D eigenvalue weighted by Gasteiger charge is 2.40. The summed E-state index contributed by atoms with van der Waals surface area (Å²) in [5.41, 5.74) is 0.873. The van der Waals surface area contributed by atoms with Crippen LogP contribution in [0.3, 0.4) is 0 Å². The highest BCUT2D eigenvalue weighted by molar-refractivity contribution is 6.07. The van der Waals surface area contributed by atoms with E-state index in [1.165, 1.54) is 4.90 Å². The smallest absolute Gasteiger partial charge is 0.252 e. The molecule has 2 rings (SSSR count). The molecule has 1 aromatic heterocycles. The Morgan fingerprint density at radius 2 is 2.11 bits per heavy atom. The lowest BCUT2D eigenvalue weighted by molar-refractivity contribution is -0.140. The number of imide groups is 1. The van der Waals surface area contributed by atoms with E-state index in [1.807, 2.05) is 26.8 Å². The Kier molecular flexibility index (Phi) is 3.11. The van der Waals surface area contributed by atoms with Gasteiger partial charge in [-0.15, -0.1) is 0 Å². The van der Waals surface area contributed by atoms with Crippen molar-refractivity contribution in [3.8, 4) is 0 Å². The van der Waals surface area contributed by atoms with Crippen LogP contribution in [-0.4, -0.2) is 38.6 Å². The van der Waals surface area contributed by atoms with E-state index in [4.69, 9.17) is 0 Å². The summed E-state index contributed by atoms with van der Waals surface area (Å²) in [5.74, 6) is 0.476. The predicted molar refractivity (Wildman–Crippen MR) is 67.0 cm³/mol. The van der Waals surface area contributed by atoms with Gasteiger partial charge in [0.15, 0.2) is 0 Å². The van der Waals surface area contributed by atoms with Gasteiger partial charge in [-0.3, -0.25) is 19.2 Å². The number of aryl methyl sites for hydroxylation is 2. The largest absolute Gasteiger partial charge is 0.358 e. The minimum atomic E-state index is -0.477. The van der Waals surface area contributed by atoms with Crippen LogP contribution in [0.25, 0.3) is 0 Å². The number of carbonyl (C=O) groups excluding carboxylic acids is 2. The van der Waals surface area contributed by atoms with Gasteiger partial charge in [0.25, 0.3) is 5.91 Å². The topological polar surface area (TPSA) is 67.2 Å². The van der Waals surface area contributed by atoms with Crippen LogP contribution in [0.2, 0.25) is 0 Å². The number of rotatable bonds is 3. The fourth-order valence-electron chi connectivity index (χ4n) is 2.23. The second kappa shape index (κ2) is 4.44. The van der Waals surface area contributed by atoms with E-state index in [-0.39, 0.29) is 24.3 Å². The Morgan fingerprint density at radius 3 is 2.56 bits per heavy atom. The molecule has 0 saturated carbocycles. The summed E-state index contributed by atoms with van der Waals surface area (Å²) >= 11 is 0. The molecule has 98 valence electrons. The van der Waals surface area contributed by atoms with Gasteiger partial charge >= 0.3 is 0 Å². The zero-order chi connectivity index (χ0) is 13.4. The third kappa shape index (κ3) is 2.10. The molecule has 1 atom stereocenters. The molecule has 6 nitrogen and oxygen atoms in total. The van der Waals surface area contributed by atoms with Crippen molar-refractivity contribution in [2.75, 3.05) is 5.32 Å². The van der Waals surface area contributed by atoms with Crippen LogP contribution in [0.4, 0.5) is 5.82 Å². The van der Waals surface area contributed by atoms with E-state index in [0.29, 0.717) is 0 Å². The zero-order valence-electron chi connectivity index (χ0n) is 11.1. The Balaban J connectivity index is 2.15. The van der Waals surface area contributed by atoms with Gasteiger partial charge in [-0.2, -0.15) is 5.10 Å². The van der Waals surface area contributed by atoms with Crippen molar-refractivity contribution in [3.05, 3.63) is 11.8 Å². The van der Waals surface area contributed by atoms with Crippen LogP contribution in [0.15, 0.2) is 6.07 Å². The number of nitrogens with one attached hydrogen (secondary N) is 1. The number of hydrogen-bond acceptors (Lipinski definition) is 4. The molecule has 1 aliphatic rings. The van der Waals surface area contributed by atoms with Crippen LogP contribution in [0, 0.1) is 6.92 Å².